The summed E-state index contributed by atoms with van der Waals surface area (Å²) in [5.41, 5.74) is 5.73. The van der Waals surface area contributed by atoms with E-state index in [1.807, 2.05) is 0 Å². The second-order valence-electron chi connectivity index (χ2n) is 4.64. The topological polar surface area (TPSA) is 76.3 Å². The first kappa shape index (κ1) is 14.4. The first-order chi connectivity index (χ1) is 8.96. The van der Waals surface area contributed by atoms with Gasteiger partial charge in [-0.1, -0.05) is 25.6 Å². The lowest BCUT2D eigenvalue weighted by atomic mass is 10.1. The third-order valence-corrected chi connectivity index (χ3v) is 5.54. The molecule has 19 heavy (non-hydrogen) atoms. The summed E-state index contributed by atoms with van der Waals surface area (Å²) >= 11 is 4.87. The molecule has 1 saturated heterocycles. The highest BCUT2D eigenvalue weighted by Crippen LogP contribution is 2.26. The Labute approximate surface area is 118 Å². The van der Waals surface area contributed by atoms with E-state index in [0.29, 0.717) is 19.0 Å². The van der Waals surface area contributed by atoms with Crippen LogP contribution in [0.3, 0.4) is 0 Å². The van der Waals surface area contributed by atoms with Gasteiger partial charge >= 0.3 is 0 Å². The summed E-state index contributed by atoms with van der Waals surface area (Å²) in [6.07, 6.45) is 3.38. The lowest BCUT2D eigenvalue weighted by Gasteiger charge is -2.17. The summed E-state index contributed by atoms with van der Waals surface area (Å²) in [6.45, 7) is 3.18. The molecule has 0 aromatic carbocycles. The number of pyridine rings is 1. The fourth-order valence-corrected chi connectivity index (χ4v) is 4.19. The van der Waals surface area contributed by atoms with Crippen LogP contribution in [0.25, 0.3) is 0 Å². The van der Waals surface area contributed by atoms with Crippen LogP contribution in [-0.2, 0) is 10.0 Å². The van der Waals surface area contributed by atoms with Gasteiger partial charge in [0.1, 0.15) is 15.6 Å². The minimum Gasteiger partial charge on any atom is -0.388 e. The molecule has 0 amide bonds. The monoisotopic (exact) mass is 299 g/mol. The van der Waals surface area contributed by atoms with Crippen molar-refractivity contribution in [2.45, 2.75) is 24.7 Å². The third kappa shape index (κ3) is 2.77. The van der Waals surface area contributed by atoms with Gasteiger partial charge in [-0.25, -0.2) is 8.42 Å². The Morgan fingerprint density at radius 1 is 1.63 bits per heavy atom. The molecule has 0 saturated carbocycles. The molecule has 1 unspecified atom stereocenters. The van der Waals surface area contributed by atoms with E-state index in [-0.39, 0.29) is 15.6 Å². The average Bonchev–Trinajstić information content (AvgIpc) is 2.88. The normalized spacial score (nSPS) is 20.6. The Kier molecular flexibility index (Phi) is 4.17. The predicted molar refractivity (Wildman–Crippen MR) is 77.3 cm³/mol. The summed E-state index contributed by atoms with van der Waals surface area (Å²) in [5.74, 6) is 0.430. The summed E-state index contributed by atoms with van der Waals surface area (Å²) in [7, 11) is -3.55. The average molecular weight is 299 g/mol. The molecule has 0 aliphatic carbocycles. The van der Waals surface area contributed by atoms with Gasteiger partial charge < -0.3 is 5.73 Å². The Hall–Kier alpha value is -1.05. The van der Waals surface area contributed by atoms with Gasteiger partial charge in [-0.2, -0.15) is 4.31 Å². The molecular weight excluding hydrogens is 282 g/mol. The van der Waals surface area contributed by atoms with Gasteiger partial charge in [-0.3, -0.25) is 4.98 Å². The molecule has 0 radical (unpaired) electrons. The van der Waals surface area contributed by atoms with Crippen LogP contribution >= 0.6 is 12.2 Å². The zero-order chi connectivity index (χ0) is 14.0. The number of hydrogen-bond donors (Lipinski definition) is 1. The van der Waals surface area contributed by atoms with Crippen LogP contribution in [0, 0.1) is 5.92 Å². The van der Waals surface area contributed by atoms with Crippen LogP contribution in [0.4, 0.5) is 0 Å². The molecule has 1 atom stereocenters. The van der Waals surface area contributed by atoms with Gasteiger partial charge in [0.25, 0.3) is 0 Å². The van der Waals surface area contributed by atoms with Crippen LogP contribution in [0.15, 0.2) is 23.2 Å². The largest absolute Gasteiger partial charge is 0.388 e. The van der Waals surface area contributed by atoms with E-state index in [4.69, 9.17) is 18.0 Å². The van der Waals surface area contributed by atoms with Gasteiger partial charge in [0.15, 0.2) is 0 Å². The maximum Gasteiger partial charge on any atom is 0.245 e. The first-order valence-corrected chi connectivity index (χ1v) is 8.06. The fraction of sp³-hybridized carbons (Fsp3) is 0.500. The SMILES string of the molecule is CCC1CCN(S(=O)(=O)c2cccnc2C(N)=S)C1. The van der Waals surface area contributed by atoms with E-state index >= 15 is 0 Å². The number of nitrogens with two attached hydrogens (primary N) is 1. The lowest BCUT2D eigenvalue weighted by Crippen LogP contribution is -2.31. The van der Waals surface area contributed by atoms with Crippen LogP contribution < -0.4 is 5.73 Å². The zero-order valence-electron chi connectivity index (χ0n) is 10.7. The van der Waals surface area contributed by atoms with Gasteiger partial charge in [-0.05, 0) is 24.5 Å². The van der Waals surface area contributed by atoms with Crippen LogP contribution in [0.2, 0.25) is 0 Å². The van der Waals surface area contributed by atoms with Crippen molar-refractivity contribution in [2.75, 3.05) is 13.1 Å². The molecule has 7 heteroatoms. The molecule has 0 spiro atoms. The van der Waals surface area contributed by atoms with Crippen molar-refractivity contribution in [3.05, 3.63) is 24.0 Å². The van der Waals surface area contributed by atoms with Crippen molar-refractivity contribution in [1.29, 1.82) is 0 Å². The predicted octanol–water partition coefficient (Wildman–Crippen LogP) is 1.14. The van der Waals surface area contributed by atoms with Crippen molar-refractivity contribution in [3.8, 4) is 0 Å². The summed E-state index contributed by atoms with van der Waals surface area (Å²) in [5, 5.41) is 0. The van der Waals surface area contributed by atoms with E-state index in [2.05, 4.69) is 11.9 Å². The van der Waals surface area contributed by atoms with Crippen LogP contribution in [0.5, 0.6) is 0 Å². The molecule has 1 aliphatic heterocycles. The highest BCUT2D eigenvalue weighted by atomic mass is 32.2. The number of rotatable bonds is 4. The minimum atomic E-state index is -3.55. The van der Waals surface area contributed by atoms with Gasteiger partial charge in [0, 0.05) is 19.3 Å². The number of hydrogen-bond acceptors (Lipinski definition) is 4. The maximum atomic E-state index is 12.6. The molecule has 1 aromatic rings. The van der Waals surface area contributed by atoms with Gasteiger partial charge in [0.05, 0.1) is 0 Å². The molecule has 2 N–H and O–H groups in total. The molecule has 1 fully saturated rings. The quantitative estimate of drug-likeness (QED) is 0.844. The van der Waals surface area contributed by atoms with Crippen molar-refractivity contribution in [3.63, 3.8) is 0 Å². The van der Waals surface area contributed by atoms with Crippen molar-refractivity contribution >= 4 is 27.2 Å². The van der Waals surface area contributed by atoms with E-state index < -0.39 is 10.0 Å². The molecule has 1 aromatic heterocycles. The highest BCUT2D eigenvalue weighted by Gasteiger charge is 2.33. The summed E-state index contributed by atoms with van der Waals surface area (Å²) < 4.78 is 26.7. The highest BCUT2D eigenvalue weighted by molar-refractivity contribution is 7.89. The van der Waals surface area contributed by atoms with E-state index in [1.165, 1.54) is 16.6 Å². The first-order valence-electron chi connectivity index (χ1n) is 6.21. The number of sulfonamides is 1. The Morgan fingerprint density at radius 3 is 2.95 bits per heavy atom. The van der Waals surface area contributed by atoms with Crippen molar-refractivity contribution < 1.29 is 8.42 Å². The smallest absolute Gasteiger partial charge is 0.245 e. The molecule has 2 rings (SSSR count). The Bertz CT molecular complexity index is 586. The third-order valence-electron chi connectivity index (χ3n) is 3.45. The standard InChI is InChI=1S/C12H17N3O2S2/c1-2-9-5-7-15(8-9)19(16,17)10-4-3-6-14-11(10)12(13)18/h3-4,6,9H,2,5,7-8H2,1H3,(H2,13,18). The lowest BCUT2D eigenvalue weighted by molar-refractivity contribution is 0.452. The summed E-state index contributed by atoms with van der Waals surface area (Å²) in [4.78, 5) is 4.10. The summed E-state index contributed by atoms with van der Waals surface area (Å²) in [6, 6.07) is 3.10. The zero-order valence-corrected chi connectivity index (χ0v) is 12.4. The second kappa shape index (κ2) is 5.52. The van der Waals surface area contributed by atoms with Crippen molar-refractivity contribution in [2.24, 2.45) is 11.7 Å². The number of thiocarbonyl (C=S) groups is 1. The molecule has 2 heterocycles. The van der Waals surface area contributed by atoms with Crippen LogP contribution in [-0.4, -0.2) is 35.8 Å². The number of nitrogens with zero attached hydrogens (tertiary/aromatic N) is 2. The van der Waals surface area contributed by atoms with Crippen LogP contribution in [0.1, 0.15) is 25.5 Å². The Balaban J connectivity index is 2.38. The molecule has 0 bridgehead atoms. The fourth-order valence-electron chi connectivity index (χ4n) is 2.27. The molecular formula is C12H17N3O2S2. The number of aromatic nitrogens is 1. The second-order valence-corrected chi connectivity index (χ2v) is 6.99. The maximum absolute atomic E-state index is 12.6. The molecule has 104 valence electrons. The van der Waals surface area contributed by atoms with E-state index in [1.54, 1.807) is 6.07 Å². The molecule has 1 aliphatic rings. The molecule has 5 nitrogen and oxygen atoms in total. The van der Waals surface area contributed by atoms with Gasteiger partial charge in [0.2, 0.25) is 10.0 Å². The van der Waals surface area contributed by atoms with E-state index in [0.717, 1.165) is 12.8 Å². The van der Waals surface area contributed by atoms with E-state index in [9.17, 15) is 8.42 Å². The van der Waals surface area contributed by atoms with Crippen molar-refractivity contribution in [1.82, 2.24) is 9.29 Å². The minimum absolute atomic E-state index is 0.00501. The van der Waals surface area contributed by atoms with Gasteiger partial charge in [-0.15, -0.1) is 0 Å². The Morgan fingerprint density at radius 2 is 2.37 bits per heavy atom.